The highest BCUT2D eigenvalue weighted by Crippen LogP contribution is 2.19. The summed E-state index contributed by atoms with van der Waals surface area (Å²) in [5.74, 6) is -0.185. The molecule has 0 unspecified atom stereocenters. The number of hydrogen-bond donors (Lipinski definition) is 1. The normalized spacial score (nSPS) is 18.3. The predicted octanol–water partition coefficient (Wildman–Crippen LogP) is 1.66. The lowest BCUT2D eigenvalue weighted by Gasteiger charge is -2.35. The topological polar surface area (TPSA) is 104 Å². The van der Waals surface area contributed by atoms with Gasteiger partial charge in [0, 0.05) is 38.3 Å². The third-order valence-corrected chi connectivity index (χ3v) is 7.89. The Kier molecular flexibility index (Phi) is 8.60. The number of amides is 1. The van der Waals surface area contributed by atoms with Crippen molar-refractivity contribution in [3.05, 3.63) is 35.9 Å². The van der Waals surface area contributed by atoms with E-state index < -0.39 is 20.0 Å². The van der Waals surface area contributed by atoms with E-state index in [4.69, 9.17) is 0 Å². The maximum absolute atomic E-state index is 12.7. The van der Waals surface area contributed by atoms with Crippen LogP contribution in [0.25, 0.3) is 6.08 Å². The fraction of sp³-hybridized carbons (Fsp3) is 0.550. The first-order chi connectivity index (χ1) is 14.1. The van der Waals surface area contributed by atoms with Gasteiger partial charge in [0.1, 0.15) is 0 Å². The first-order valence-electron chi connectivity index (χ1n) is 10.1. The van der Waals surface area contributed by atoms with Crippen molar-refractivity contribution in [1.82, 2.24) is 13.9 Å². The Hall–Kier alpha value is -1.75. The summed E-state index contributed by atoms with van der Waals surface area (Å²) in [6, 6.07) is 6.24. The summed E-state index contributed by atoms with van der Waals surface area (Å²) < 4.78 is 51.7. The molecule has 1 aliphatic rings. The van der Waals surface area contributed by atoms with E-state index in [1.807, 2.05) is 0 Å². The molecule has 1 fully saturated rings. The minimum atomic E-state index is -3.51. The summed E-state index contributed by atoms with van der Waals surface area (Å²) in [5.41, 5.74) is 0.713. The number of nitrogens with zero attached hydrogens (tertiary/aromatic N) is 2. The van der Waals surface area contributed by atoms with E-state index in [9.17, 15) is 21.6 Å². The van der Waals surface area contributed by atoms with Crippen LogP contribution in [0.4, 0.5) is 0 Å². The number of piperidine rings is 1. The maximum Gasteiger partial charge on any atom is 0.246 e. The molecule has 8 nitrogen and oxygen atoms in total. The maximum atomic E-state index is 12.7. The summed E-state index contributed by atoms with van der Waals surface area (Å²) in [4.78, 5) is 14.6. The van der Waals surface area contributed by atoms with Crippen LogP contribution in [0, 0.1) is 0 Å². The van der Waals surface area contributed by atoms with Gasteiger partial charge in [-0.05, 0) is 43.0 Å². The van der Waals surface area contributed by atoms with Crippen molar-refractivity contribution in [3.8, 4) is 0 Å². The van der Waals surface area contributed by atoms with Gasteiger partial charge in [0.15, 0.2) is 0 Å². The summed E-state index contributed by atoms with van der Waals surface area (Å²) in [7, 11) is -6.83. The molecule has 0 radical (unpaired) electrons. The average Bonchev–Trinajstić information content (AvgIpc) is 2.71. The Balaban J connectivity index is 2.08. The summed E-state index contributed by atoms with van der Waals surface area (Å²) >= 11 is 0. The zero-order chi connectivity index (χ0) is 22.4. The van der Waals surface area contributed by atoms with Crippen LogP contribution in [-0.2, 0) is 24.8 Å². The van der Waals surface area contributed by atoms with Crippen molar-refractivity contribution >= 4 is 32.0 Å². The van der Waals surface area contributed by atoms with Gasteiger partial charge < -0.3 is 4.90 Å². The van der Waals surface area contributed by atoms with Crippen LogP contribution in [0.15, 0.2) is 35.2 Å². The molecule has 1 atom stereocenters. The summed E-state index contributed by atoms with van der Waals surface area (Å²) in [6.45, 7) is 5.18. The van der Waals surface area contributed by atoms with Gasteiger partial charge in [0.05, 0.1) is 11.2 Å². The van der Waals surface area contributed by atoms with Gasteiger partial charge in [-0.3, -0.25) is 4.79 Å². The largest absolute Gasteiger partial charge is 0.335 e. The standard InChI is InChI=1S/C20H31N3O5S2/c1-4-22(5-2)30(27,28)19-12-9-17(10-13-19)11-14-20(24)23-15-7-6-8-18(23)16-21-29(3,25)26/h9-14,18,21H,4-8,15-16H2,1-3H3/b14-11+/t18-/m0/s1. The Morgan fingerprint density at radius 2 is 1.77 bits per heavy atom. The van der Waals surface area contributed by atoms with Gasteiger partial charge in [-0.25, -0.2) is 21.6 Å². The molecule has 168 valence electrons. The van der Waals surface area contributed by atoms with Crippen molar-refractivity contribution < 1.29 is 21.6 Å². The molecule has 0 aliphatic carbocycles. The van der Waals surface area contributed by atoms with Crippen LogP contribution < -0.4 is 4.72 Å². The van der Waals surface area contributed by atoms with Crippen molar-refractivity contribution in [2.45, 2.75) is 44.0 Å². The molecule has 1 aliphatic heterocycles. The lowest BCUT2D eigenvalue weighted by molar-refractivity contribution is -0.129. The highest BCUT2D eigenvalue weighted by Gasteiger charge is 2.26. The number of carbonyl (C=O) groups is 1. The number of hydrogen-bond acceptors (Lipinski definition) is 5. The second-order valence-electron chi connectivity index (χ2n) is 7.29. The number of rotatable bonds is 9. The highest BCUT2D eigenvalue weighted by atomic mass is 32.2. The van der Waals surface area contributed by atoms with E-state index in [0.29, 0.717) is 25.2 Å². The third kappa shape index (κ3) is 6.63. The Morgan fingerprint density at radius 3 is 2.33 bits per heavy atom. The minimum Gasteiger partial charge on any atom is -0.335 e. The van der Waals surface area contributed by atoms with Gasteiger partial charge in [-0.1, -0.05) is 26.0 Å². The minimum absolute atomic E-state index is 0.174. The zero-order valence-electron chi connectivity index (χ0n) is 17.7. The lowest BCUT2D eigenvalue weighted by Crippen LogP contribution is -2.48. The zero-order valence-corrected chi connectivity index (χ0v) is 19.4. The van der Waals surface area contributed by atoms with Crippen LogP contribution in [-0.4, -0.2) is 70.4 Å². The Labute approximate surface area is 180 Å². The summed E-state index contributed by atoms with van der Waals surface area (Å²) in [5, 5.41) is 0. The van der Waals surface area contributed by atoms with E-state index in [0.717, 1.165) is 25.5 Å². The molecule has 1 heterocycles. The molecule has 0 bridgehead atoms. The predicted molar refractivity (Wildman–Crippen MR) is 118 cm³/mol. The van der Waals surface area contributed by atoms with Gasteiger partial charge in [0.2, 0.25) is 26.0 Å². The summed E-state index contributed by atoms with van der Waals surface area (Å²) in [6.07, 6.45) is 6.78. The molecule has 2 rings (SSSR count). The van der Waals surface area contributed by atoms with E-state index in [1.165, 1.54) is 22.5 Å². The van der Waals surface area contributed by atoms with Crippen LogP contribution >= 0.6 is 0 Å². The van der Waals surface area contributed by atoms with Gasteiger partial charge in [0.25, 0.3) is 0 Å². The van der Waals surface area contributed by atoms with E-state index >= 15 is 0 Å². The molecular weight excluding hydrogens is 426 g/mol. The molecule has 0 spiro atoms. The van der Waals surface area contributed by atoms with Crippen molar-refractivity contribution in [3.63, 3.8) is 0 Å². The SMILES string of the molecule is CCN(CC)S(=O)(=O)c1ccc(/C=C/C(=O)N2CCCC[C@H]2CNS(C)(=O)=O)cc1. The van der Waals surface area contributed by atoms with E-state index in [-0.39, 0.29) is 23.4 Å². The third-order valence-electron chi connectivity index (χ3n) is 5.13. The molecule has 1 N–H and O–H groups in total. The first kappa shape index (κ1) is 24.5. The second-order valence-corrected chi connectivity index (χ2v) is 11.1. The van der Waals surface area contributed by atoms with Crippen LogP contribution in [0.5, 0.6) is 0 Å². The lowest BCUT2D eigenvalue weighted by atomic mass is 10.0. The molecular formula is C20H31N3O5S2. The molecule has 1 aromatic carbocycles. The molecule has 0 saturated carbocycles. The molecule has 10 heteroatoms. The molecule has 1 saturated heterocycles. The molecule has 0 aromatic heterocycles. The Bertz CT molecular complexity index is 953. The van der Waals surface area contributed by atoms with Crippen LogP contribution in [0.2, 0.25) is 0 Å². The van der Waals surface area contributed by atoms with Gasteiger partial charge in [-0.15, -0.1) is 0 Å². The van der Waals surface area contributed by atoms with E-state index in [2.05, 4.69) is 4.72 Å². The number of nitrogens with one attached hydrogen (secondary N) is 1. The fourth-order valence-corrected chi connectivity index (χ4v) is 5.43. The number of sulfonamides is 2. The quantitative estimate of drug-likeness (QED) is 0.568. The van der Waals surface area contributed by atoms with Crippen molar-refractivity contribution in [1.29, 1.82) is 0 Å². The molecule has 1 aromatic rings. The van der Waals surface area contributed by atoms with Gasteiger partial charge in [-0.2, -0.15) is 4.31 Å². The van der Waals surface area contributed by atoms with Crippen LogP contribution in [0.1, 0.15) is 38.7 Å². The first-order valence-corrected chi connectivity index (χ1v) is 13.4. The van der Waals surface area contributed by atoms with Crippen molar-refractivity contribution in [2.24, 2.45) is 0 Å². The second kappa shape index (κ2) is 10.5. The fourth-order valence-electron chi connectivity index (χ4n) is 3.48. The Morgan fingerprint density at radius 1 is 1.13 bits per heavy atom. The number of carbonyl (C=O) groups excluding carboxylic acids is 1. The molecule has 30 heavy (non-hydrogen) atoms. The monoisotopic (exact) mass is 457 g/mol. The number of benzene rings is 1. The van der Waals surface area contributed by atoms with Gasteiger partial charge >= 0.3 is 0 Å². The van der Waals surface area contributed by atoms with Crippen LogP contribution in [0.3, 0.4) is 0 Å². The van der Waals surface area contributed by atoms with E-state index in [1.54, 1.807) is 37.0 Å². The van der Waals surface area contributed by atoms with Crippen molar-refractivity contribution in [2.75, 3.05) is 32.4 Å². The smallest absolute Gasteiger partial charge is 0.246 e. The average molecular weight is 458 g/mol. The number of likely N-dealkylation sites (tertiary alicyclic amines) is 1. The molecule has 1 amide bonds. The highest BCUT2D eigenvalue weighted by molar-refractivity contribution is 7.89.